The van der Waals surface area contributed by atoms with Gasteiger partial charge in [0, 0.05) is 29.0 Å². The van der Waals surface area contributed by atoms with Crippen LogP contribution < -0.4 is 24.6 Å². The number of benzene rings is 3. The van der Waals surface area contributed by atoms with Gasteiger partial charge in [0.2, 0.25) is 5.75 Å². The Morgan fingerprint density at radius 2 is 1.70 bits per heavy atom. The van der Waals surface area contributed by atoms with Gasteiger partial charge >= 0.3 is 11.6 Å². The molecule has 0 unspecified atom stereocenters. The molecule has 10 heteroatoms. The number of non-ortho nitro benzene ring substituents is 1. The third kappa shape index (κ3) is 3.78. The van der Waals surface area contributed by atoms with Crippen LogP contribution in [0.25, 0.3) is 21.7 Å². The molecule has 0 saturated heterocycles. The first kappa shape index (κ1) is 21.6. The number of fused-ring (bicyclic) bond motifs is 3. The SMILES string of the molecule is COc1cc2c(=O)oc3cc(OC(=O)c4cccc([N+](=O)[O-])c4)ccc3c2c(OC)c1OC. The first-order valence-corrected chi connectivity index (χ1v) is 9.54. The maximum atomic E-state index is 12.7. The molecule has 1 heterocycles. The Morgan fingerprint density at radius 1 is 0.939 bits per heavy atom. The Labute approximate surface area is 186 Å². The molecule has 0 radical (unpaired) electrons. The van der Waals surface area contributed by atoms with E-state index in [1.54, 1.807) is 6.07 Å². The fraction of sp³-hybridized carbons (Fsp3) is 0.130. The van der Waals surface area contributed by atoms with Crippen molar-refractivity contribution in [3.63, 3.8) is 0 Å². The fourth-order valence-electron chi connectivity index (χ4n) is 3.51. The van der Waals surface area contributed by atoms with Crippen LogP contribution in [0.1, 0.15) is 10.4 Å². The maximum absolute atomic E-state index is 12.7. The van der Waals surface area contributed by atoms with Crippen molar-refractivity contribution in [3.8, 4) is 23.0 Å². The molecule has 0 N–H and O–H groups in total. The highest BCUT2D eigenvalue weighted by molar-refractivity contribution is 6.10. The second-order valence-electron chi connectivity index (χ2n) is 6.81. The zero-order valence-electron chi connectivity index (χ0n) is 17.7. The highest BCUT2D eigenvalue weighted by Gasteiger charge is 2.22. The lowest BCUT2D eigenvalue weighted by Crippen LogP contribution is -2.09. The highest BCUT2D eigenvalue weighted by Crippen LogP contribution is 2.45. The first-order valence-electron chi connectivity index (χ1n) is 9.54. The number of nitro benzene ring substituents is 1. The molecule has 0 bridgehead atoms. The molecule has 0 saturated carbocycles. The van der Waals surface area contributed by atoms with Gasteiger partial charge in [-0.05, 0) is 24.3 Å². The van der Waals surface area contributed by atoms with Gasteiger partial charge in [-0.1, -0.05) is 6.07 Å². The van der Waals surface area contributed by atoms with E-state index in [0.29, 0.717) is 22.3 Å². The Balaban J connectivity index is 1.82. The van der Waals surface area contributed by atoms with Crippen molar-refractivity contribution in [1.29, 1.82) is 0 Å². The van der Waals surface area contributed by atoms with Crippen LogP contribution in [0.3, 0.4) is 0 Å². The minimum Gasteiger partial charge on any atom is -0.493 e. The zero-order chi connectivity index (χ0) is 23.7. The minimum atomic E-state index is -0.801. The van der Waals surface area contributed by atoms with E-state index in [2.05, 4.69) is 0 Å². The molecule has 0 aliphatic carbocycles. The zero-order valence-corrected chi connectivity index (χ0v) is 17.7. The molecule has 4 rings (SSSR count). The van der Waals surface area contributed by atoms with Gasteiger partial charge in [-0.2, -0.15) is 0 Å². The minimum absolute atomic E-state index is 0.00256. The number of esters is 1. The predicted octanol–water partition coefficient (Wildman–Crippen LogP) is 4.10. The third-order valence-corrected chi connectivity index (χ3v) is 4.98. The lowest BCUT2D eigenvalue weighted by Gasteiger charge is -2.15. The summed E-state index contributed by atoms with van der Waals surface area (Å²) in [6.07, 6.45) is 0. The summed E-state index contributed by atoms with van der Waals surface area (Å²) in [6, 6.07) is 11.1. The molecular formula is C23H17NO9. The number of methoxy groups -OCH3 is 3. The van der Waals surface area contributed by atoms with E-state index < -0.39 is 16.5 Å². The topological polar surface area (TPSA) is 127 Å². The summed E-state index contributed by atoms with van der Waals surface area (Å²) in [4.78, 5) is 35.5. The maximum Gasteiger partial charge on any atom is 0.344 e. The molecule has 0 aliphatic heterocycles. The van der Waals surface area contributed by atoms with Crippen LogP contribution in [-0.2, 0) is 0 Å². The van der Waals surface area contributed by atoms with Gasteiger partial charge in [0.05, 0.1) is 37.2 Å². The number of ether oxygens (including phenoxy) is 4. The summed E-state index contributed by atoms with van der Waals surface area (Å²) in [5.74, 6) is 0.175. The molecule has 0 amide bonds. The van der Waals surface area contributed by atoms with Gasteiger partial charge in [-0.25, -0.2) is 9.59 Å². The molecule has 3 aromatic carbocycles. The predicted molar refractivity (Wildman–Crippen MR) is 118 cm³/mol. The van der Waals surface area contributed by atoms with E-state index in [-0.39, 0.29) is 33.7 Å². The van der Waals surface area contributed by atoms with Crippen LogP contribution in [0.5, 0.6) is 23.0 Å². The molecular weight excluding hydrogens is 434 g/mol. The second kappa shape index (κ2) is 8.50. The molecule has 168 valence electrons. The first-order chi connectivity index (χ1) is 15.9. The molecule has 0 fully saturated rings. The highest BCUT2D eigenvalue weighted by atomic mass is 16.6. The molecule has 0 atom stereocenters. The summed E-state index contributed by atoms with van der Waals surface area (Å²) in [6.45, 7) is 0. The molecule has 33 heavy (non-hydrogen) atoms. The van der Waals surface area contributed by atoms with Crippen LogP contribution >= 0.6 is 0 Å². The van der Waals surface area contributed by atoms with E-state index in [4.69, 9.17) is 23.4 Å². The Kier molecular flexibility index (Phi) is 5.57. The summed E-state index contributed by atoms with van der Waals surface area (Å²) in [5, 5.41) is 12.1. The molecule has 0 spiro atoms. The van der Waals surface area contributed by atoms with Crippen LogP contribution in [0.4, 0.5) is 5.69 Å². The summed E-state index contributed by atoms with van der Waals surface area (Å²) in [5.41, 5.74) is -0.749. The number of carbonyl (C=O) groups is 1. The van der Waals surface area contributed by atoms with E-state index in [1.165, 1.54) is 57.7 Å². The Hall–Kier alpha value is -4.60. The number of nitrogens with zero attached hydrogens (tertiary/aromatic N) is 1. The summed E-state index contributed by atoms with van der Waals surface area (Å²) in [7, 11) is 4.32. The van der Waals surface area contributed by atoms with Gasteiger partial charge in [0.25, 0.3) is 5.69 Å². The standard InChI is InChI=1S/C23H17NO9/c1-29-18-11-16-19(21(31-3)20(18)30-2)15-8-7-14(10-17(15)33-23(16)26)32-22(25)12-5-4-6-13(9-12)24(27)28/h4-11H,1-3H3. The largest absolute Gasteiger partial charge is 0.493 e. The normalized spacial score (nSPS) is 10.8. The number of hydrogen-bond acceptors (Lipinski definition) is 9. The smallest absolute Gasteiger partial charge is 0.344 e. The lowest BCUT2D eigenvalue weighted by molar-refractivity contribution is -0.384. The quantitative estimate of drug-likeness (QED) is 0.106. The van der Waals surface area contributed by atoms with Crippen LogP contribution in [0.15, 0.2) is 57.7 Å². The van der Waals surface area contributed by atoms with Gasteiger partial charge in [-0.15, -0.1) is 0 Å². The van der Waals surface area contributed by atoms with Crippen molar-refractivity contribution >= 4 is 33.4 Å². The van der Waals surface area contributed by atoms with Crippen molar-refractivity contribution in [1.82, 2.24) is 0 Å². The van der Waals surface area contributed by atoms with Gasteiger partial charge < -0.3 is 23.4 Å². The van der Waals surface area contributed by atoms with Crippen molar-refractivity contribution in [3.05, 3.63) is 74.6 Å². The molecule has 4 aromatic rings. The number of nitro groups is 1. The van der Waals surface area contributed by atoms with E-state index in [0.717, 1.165) is 6.07 Å². The van der Waals surface area contributed by atoms with E-state index >= 15 is 0 Å². The Morgan fingerprint density at radius 3 is 2.36 bits per heavy atom. The lowest BCUT2D eigenvalue weighted by atomic mass is 10.0. The van der Waals surface area contributed by atoms with Crippen molar-refractivity contribution < 1.29 is 33.1 Å². The van der Waals surface area contributed by atoms with E-state index in [9.17, 15) is 19.7 Å². The average molecular weight is 451 g/mol. The number of hydrogen-bond donors (Lipinski definition) is 0. The van der Waals surface area contributed by atoms with Gasteiger partial charge in [-0.3, -0.25) is 10.1 Å². The summed E-state index contributed by atoms with van der Waals surface area (Å²) < 4.78 is 27.0. The monoisotopic (exact) mass is 451 g/mol. The fourth-order valence-corrected chi connectivity index (χ4v) is 3.51. The van der Waals surface area contributed by atoms with Crippen molar-refractivity contribution in [2.45, 2.75) is 0 Å². The van der Waals surface area contributed by atoms with Gasteiger partial charge in [0.1, 0.15) is 11.3 Å². The van der Waals surface area contributed by atoms with Crippen LogP contribution in [0, 0.1) is 10.1 Å². The van der Waals surface area contributed by atoms with Gasteiger partial charge in [0.15, 0.2) is 11.5 Å². The number of carbonyl (C=O) groups excluding carboxylic acids is 1. The summed E-state index contributed by atoms with van der Waals surface area (Å²) >= 11 is 0. The van der Waals surface area contributed by atoms with Crippen LogP contribution in [-0.4, -0.2) is 32.2 Å². The van der Waals surface area contributed by atoms with Crippen molar-refractivity contribution in [2.24, 2.45) is 0 Å². The second-order valence-corrected chi connectivity index (χ2v) is 6.81. The average Bonchev–Trinajstić information content (AvgIpc) is 2.82. The molecule has 10 nitrogen and oxygen atoms in total. The van der Waals surface area contributed by atoms with Crippen molar-refractivity contribution in [2.75, 3.05) is 21.3 Å². The molecule has 0 aliphatic rings. The third-order valence-electron chi connectivity index (χ3n) is 4.98. The van der Waals surface area contributed by atoms with Crippen LogP contribution in [0.2, 0.25) is 0 Å². The Bertz CT molecular complexity index is 1470. The van der Waals surface area contributed by atoms with E-state index in [1.807, 2.05) is 0 Å². The number of rotatable bonds is 6. The molecule has 1 aromatic heterocycles.